The Morgan fingerprint density at radius 1 is 1.12 bits per heavy atom. The van der Waals surface area contributed by atoms with Crippen LogP contribution in [0.2, 0.25) is 0 Å². The third kappa shape index (κ3) is 1.81. The number of pyridine rings is 1. The van der Waals surface area contributed by atoms with Gasteiger partial charge in [-0.2, -0.15) is 0 Å². The van der Waals surface area contributed by atoms with Crippen LogP contribution < -0.4 is 0 Å². The second kappa shape index (κ2) is 5.00. The highest BCUT2D eigenvalue weighted by atomic mass is 16.1. The quantitative estimate of drug-likeness (QED) is 0.581. The van der Waals surface area contributed by atoms with E-state index in [-0.39, 0.29) is 22.5 Å². The smallest absolute Gasteiger partial charge is 0.146 e. The number of carbonyl (C=O) groups is 2. The molecule has 0 spiro atoms. The Hall–Kier alpha value is -1.51. The van der Waals surface area contributed by atoms with Crippen molar-refractivity contribution < 1.29 is 9.59 Å². The van der Waals surface area contributed by atoms with E-state index in [4.69, 9.17) is 4.98 Å². The SMILES string of the molecule is C[C@]12CCC(=O)[C@](C)(C=O)[C@@H]1CC[C@@]1(C)c3ncccc3CC[C@H]21. The average Bonchev–Trinajstić information content (AvgIpc) is 2.58. The van der Waals surface area contributed by atoms with Crippen molar-refractivity contribution in [3.8, 4) is 0 Å². The van der Waals surface area contributed by atoms with Crippen molar-refractivity contribution in [1.82, 2.24) is 4.98 Å². The van der Waals surface area contributed by atoms with Gasteiger partial charge in [0.2, 0.25) is 0 Å². The summed E-state index contributed by atoms with van der Waals surface area (Å²) in [4.78, 5) is 29.2. The molecular formula is C21H27NO2. The minimum absolute atomic E-state index is 0.0474. The van der Waals surface area contributed by atoms with Crippen molar-refractivity contribution in [3.63, 3.8) is 0 Å². The van der Waals surface area contributed by atoms with Gasteiger partial charge in [-0.25, -0.2) is 0 Å². The lowest BCUT2D eigenvalue weighted by Gasteiger charge is -2.62. The Morgan fingerprint density at radius 2 is 1.92 bits per heavy atom. The molecule has 0 bridgehead atoms. The van der Waals surface area contributed by atoms with Gasteiger partial charge in [0.1, 0.15) is 12.1 Å². The highest BCUT2D eigenvalue weighted by Gasteiger charge is 2.63. The first-order valence-corrected chi connectivity index (χ1v) is 9.30. The molecule has 24 heavy (non-hydrogen) atoms. The summed E-state index contributed by atoms with van der Waals surface area (Å²) in [6.07, 6.45) is 8.52. The number of fused-ring (bicyclic) bond motifs is 5. The third-order valence-electron chi connectivity index (χ3n) is 7.91. The van der Waals surface area contributed by atoms with Gasteiger partial charge in [-0.3, -0.25) is 9.78 Å². The summed E-state index contributed by atoms with van der Waals surface area (Å²) in [5.74, 6) is 0.823. The van der Waals surface area contributed by atoms with E-state index in [1.165, 1.54) is 11.3 Å². The lowest BCUT2D eigenvalue weighted by atomic mass is 9.41. The molecule has 2 saturated carbocycles. The predicted molar refractivity (Wildman–Crippen MR) is 92.6 cm³/mol. The lowest BCUT2D eigenvalue weighted by Crippen LogP contribution is -2.61. The van der Waals surface area contributed by atoms with Crippen molar-refractivity contribution in [3.05, 3.63) is 29.6 Å². The van der Waals surface area contributed by atoms with Gasteiger partial charge in [-0.05, 0) is 67.9 Å². The van der Waals surface area contributed by atoms with Gasteiger partial charge in [0.15, 0.2) is 0 Å². The number of carbonyl (C=O) groups excluding carboxylic acids is 2. The maximum atomic E-state index is 12.5. The van der Waals surface area contributed by atoms with Crippen molar-refractivity contribution in [2.45, 2.75) is 64.7 Å². The molecule has 0 N–H and O–H groups in total. The van der Waals surface area contributed by atoms with Gasteiger partial charge in [-0.1, -0.05) is 19.9 Å². The van der Waals surface area contributed by atoms with Gasteiger partial charge in [-0.15, -0.1) is 0 Å². The standard InChI is InChI=1S/C21H27NO2/c1-19-11-9-17(24)21(3,13-23)16(19)8-10-20(2)15(19)7-6-14-5-4-12-22-18(14)20/h4-5,12-13,15-16H,6-11H2,1-3H3/t15-,16-,19-,20-,21-/m1/s1. The number of nitrogens with zero attached hydrogens (tertiary/aromatic N) is 1. The monoisotopic (exact) mass is 325 g/mol. The molecule has 3 aliphatic carbocycles. The molecule has 0 aliphatic heterocycles. The highest BCUT2D eigenvalue weighted by Crippen LogP contribution is 2.65. The molecule has 1 heterocycles. The summed E-state index contributed by atoms with van der Waals surface area (Å²) in [6.45, 7) is 6.61. The molecule has 3 nitrogen and oxygen atoms in total. The first-order chi connectivity index (χ1) is 11.4. The summed E-state index contributed by atoms with van der Waals surface area (Å²) in [6, 6.07) is 4.26. The summed E-state index contributed by atoms with van der Waals surface area (Å²) in [7, 11) is 0. The molecule has 0 aromatic carbocycles. The van der Waals surface area contributed by atoms with Crippen LogP contribution in [0.1, 0.15) is 64.1 Å². The van der Waals surface area contributed by atoms with Crippen molar-refractivity contribution in [2.75, 3.05) is 0 Å². The number of rotatable bonds is 1. The van der Waals surface area contributed by atoms with Gasteiger partial charge in [0.25, 0.3) is 0 Å². The van der Waals surface area contributed by atoms with E-state index < -0.39 is 5.41 Å². The van der Waals surface area contributed by atoms with Crippen LogP contribution in [0, 0.1) is 22.7 Å². The Kier molecular flexibility index (Phi) is 3.33. The van der Waals surface area contributed by atoms with Crippen LogP contribution >= 0.6 is 0 Å². The fourth-order valence-electron chi connectivity index (χ4n) is 6.63. The normalized spacial score (nSPS) is 44.2. The van der Waals surface area contributed by atoms with Gasteiger partial charge in [0.05, 0.1) is 5.41 Å². The molecule has 3 heteroatoms. The van der Waals surface area contributed by atoms with Crippen LogP contribution in [0.4, 0.5) is 0 Å². The van der Waals surface area contributed by atoms with E-state index in [9.17, 15) is 9.59 Å². The fourth-order valence-corrected chi connectivity index (χ4v) is 6.63. The Balaban J connectivity index is 1.82. The van der Waals surface area contributed by atoms with Crippen molar-refractivity contribution in [2.24, 2.45) is 22.7 Å². The van der Waals surface area contributed by atoms with Crippen molar-refractivity contribution in [1.29, 1.82) is 0 Å². The van der Waals surface area contributed by atoms with E-state index >= 15 is 0 Å². The fraction of sp³-hybridized carbons (Fsp3) is 0.667. The van der Waals surface area contributed by atoms with Gasteiger partial charge >= 0.3 is 0 Å². The van der Waals surface area contributed by atoms with E-state index in [1.807, 2.05) is 19.2 Å². The topological polar surface area (TPSA) is 47.0 Å². The molecule has 0 unspecified atom stereocenters. The second-order valence-electron chi connectivity index (χ2n) is 8.94. The maximum Gasteiger partial charge on any atom is 0.146 e. The number of aromatic nitrogens is 1. The lowest BCUT2D eigenvalue weighted by molar-refractivity contribution is -0.160. The summed E-state index contributed by atoms with van der Waals surface area (Å²) < 4.78 is 0. The molecule has 5 atom stereocenters. The highest BCUT2D eigenvalue weighted by molar-refractivity contribution is 5.99. The van der Waals surface area contributed by atoms with Gasteiger partial charge in [0, 0.05) is 23.7 Å². The third-order valence-corrected chi connectivity index (χ3v) is 7.91. The van der Waals surface area contributed by atoms with Crippen molar-refractivity contribution >= 4 is 12.1 Å². The molecule has 0 radical (unpaired) electrons. The number of hydrogen-bond acceptors (Lipinski definition) is 3. The van der Waals surface area contributed by atoms with E-state index in [1.54, 1.807) is 0 Å². The molecule has 0 saturated heterocycles. The zero-order chi connectivity index (χ0) is 17.2. The van der Waals surface area contributed by atoms with Gasteiger partial charge < -0.3 is 4.79 Å². The molecule has 0 amide bonds. The summed E-state index contributed by atoms with van der Waals surface area (Å²) in [5, 5.41) is 0. The van der Waals surface area contributed by atoms with Crippen LogP contribution in [0.25, 0.3) is 0 Å². The summed E-state index contributed by atoms with van der Waals surface area (Å²) in [5.41, 5.74) is 1.99. The number of aldehydes is 1. The van der Waals surface area contributed by atoms with E-state index in [0.717, 1.165) is 38.4 Å². The molecule has 1 aromatic rings. The Bertz CT molecular complexity index is 714. The van der Waals surface area contributed by atoms with Crippen LogP contribution in [0.15, 0.2) is 18.3 Å². The molecule has 4 rings (SSSR count). The molecular weight excluding hydrogens is 298 g/mol. The van der Waals surface area contributed by atoms with Crippen LogP contribution in [-0.4, -0.2) is 17.1 Å². The van der Waals surface area contributed by atoms with E-state index in [2.05, 4.69) is 19.9 Å². The van der Waals surface area contributed by atoms with Crippen LogP contribution in [-0.2, 0) is 21.4 Å². The minimum atomic E-state index is -0.793. The second-order valence-corrected chi connectivity index (χ2v) is 8.94. The molecule has 1 aromatic heterocycles. The van der Waals surface area contributed by atoms with E-state index in [0.29, 0.717) is 12.3 Å². The molecule has 2 fully saturated rings. The Labute approximate surface area is 144 Å². The first-order valence-electron chi connectivity index (χ1n) is 9.30. The maximum absolute atomic E-state index is 12.5. The van der Waals surface area contributed by atoms with Crippen LogP contribution in [0.5, 0.6) is 0 Å². The number of ketones is 1. The number of Topliss-reactive ketones (excluding diaryl/α,β-unsaturated/α-hetero) is 1. The number of aryl methyl sites for hydroxylation is 1. The predicted octanol–water partition coefficient (Wildman–Crippen LogP) is 3.89. The summed E-state index contributed by atoms with van der Waals surface area (Å²) >= 11 is 0. The zero-order valence-electron chi connectivity index (χ0n) is 15.0. The number of hydrogen-bond donors (Lipinski definition) is 0. The molecule has 3 aliphatic rings. The minimum Gasteiger partial charge on any atom is -0.302 e. The average molecular weight is 325 g/mol. The van der Waals surface area contributed by atoms with Crippen LogP contribution in [0.3, 0.4) is 0 Å². The first kappa shape index (κ1) is 16.0. The largest absolute Gasteiger partial charge is 0.302 e. The molecule has 128 valence electrons. The zero-order valence-corrected chi connectivity index (χ0v) is 15.0. The Morgan fingerprint density at radius 3 is 2.67 bits per heavy atom.